The van der Waals surface area contributed by atoms with Gasteiger partial charge in [-0.2, -0.15) is 0 Å². The minimum absolute atomic E-state index is 0.377. The first kappa shape index (κ1) is 10.0. The van der Waals surface area contributed by atoms with Crippen molar-refractivity contribution in [1.29, 1.82) is 0 Å². The van der Waals surface area contributed by atoms with Crippen LogP contribution in [0.2, 0.25) is 0 Å². The SMILES string of the molecule is CC12C=CC(C)(COC1)C1C(=O)OC(=O)C12. The topological polar surface area (TPSA) is 52.6 Å². The predicted molar refractivity (Wildman–Crippen MR) is 54.3 cm³/mol. The highest BCUT2D eigenvalue weighted by atomic mass is 16.6. The molecule has 0 spiro atoms. The number of cyclic esters (lactones) is 2. The van der Waals surface area contributed by atoms with Gasteiger partial charge in [0.25, 0.3) is 0 Å². The summed E-state index contributed by atoms with van der Waals surface area (Å²) >= 11 is 0. The number of rotatable bonds is 0. The van der Waals surface area contributed by atoms with E-state index in [0.717, 1.165) is 0 Å². The Labute approximate surface area is 93.6 Å². The number of hydrogen-bond donors (Lipinski definition) is 0. The van der Waals surface area contributed by atoms with Crippen molar-refractivity contribution >= 4 is 11.9 Å². The molecule has 4 atom stereocenters. The molecule has 0 aromatic heterocycles. The highest BCUT2D eigenvalue weighted by Gasteiger charge is 2.62. The minimum atomic E-state index is -0.399. The van der Waals surface area contributed by atoms with Crippen LogP contribution in [0, 0.1) is 22.7 Å². The van der Waals surface area contributed by atoms with Gasteiger partial charge < -0.3 is 9.47 Å². The molecule has 86 valence electrons. The number of carbonyl (C=O) groups is 2. The molecule has 2 saturated heterocycles. The fraction of sp³-hybridized carbons (Fsp3) is 0.667. The van der Waals surface area contributed by atoms with E-state index in [1.165, 1.54) is 0 Å². The summed E-state index contributed by atoms with van der Waals surface area (Å²) in [6.45, 7) is 4.85. The van der Waals surface area contributed by atoms with Crippen LogP contribution in [-0.4, -0.2) is 25.2 Å². The first-order valence-corrected chi connectivity index (χ1v) is 5.50. The molecule has 4 aliphatic rings. The van der Waals surface area contributed by atoms with E-state index in [9.17, 15) is 9.59 Å². The number of carbonyl (C=O) groups excluding carboxylic acids is 2. The molecule has 3 aliphatic heterocycles. The molecule has 0 saturated carbocycles. The fourth-order valence-corrected chi connectivity index (χ4v) is 3.15. The molecule has 1 aliphatic carbocycles. The van der Waals surface area contributed by atoms with Crippen LogP contribution in [0.3, 0.4) is 0 Å². The van der Waals surface area contributed by atoms with E-state index < -0.39 is 22.8 Å². The van der Waals surface area contributed by atoms with Crippen LogP contribution < -0.4 is 0 Å². The Hall–Kier alpha value is -1.16. The molecule has 0 N–H and O–H groups in total. The lowest BCUT2D eigenvalue weighted by Crippen LogP contribution is -2.44. The Balaban J connectivity index is 2.19. The Bertz CT molecular complexity index is 377. The molecule has 2 bridgehead atoms. The van der Waals surface area contributed by atoms with E-state index in [1.54, 1.807) is 0 Å². The maximum Gasteiger partial charge on any atom is 0.318 e. The summed E-state index contributed by atoms with van der Waals surface area (Å²) in [5.74, 6) is -1.54. The summed E-state index contributed by atoms with van der Waals surface area (Å²) in [6.07, 6.45) is 4.03. The smallest absolute Gasteiger partial charge is 0.318 e. The molecule has 0 amide bonds. The Kier molecular flexibility index (Phi) is 1.72. The van der Waals surface area contributed by atoms with Gasteiger partial charge in [-0.1, -0.05) is 26.0 Å². The second-order valence-electron chi connectivity index (χ2n) is 5.53. The molecule has 3 heterocycles. The van der Waals surface area contributed by atoms with E-state index in [0.29, 0.717) is 13.2 Å². The van der Waals surface area contributed by atoms with Gasteiger partial charge in [-0.05, 0) is 0 Å². The molecule has 0 aromatic carbocycles. The Morgan fingerprint density at radius 2 is 1.50 bits per heavy atom. The highest BCUT2D eigenvalue weighted by Crippen LogP contribution is 2.54. The Morgan fingerprint density at radius 3 is 1.94 bits per heavy atom. The quantitative estimate of drug-likeness (QED) is 0.347. The van der Waals surface area contributed by atoms with Crippen molar-refractivity contribution in [2.75, 3.05) is 13.2 Å². The van der Waals surface area contributed by atoms with Gasteiger partial charge in [0, 0.05) is 10.8 Å². The van der Waals surface area contributed by atoms with E-state index >= 15 is 0 Å². The Morgan fingerprint density at radius 1 is 1.06 bits per heavy atom. The molecule has 16 heavy (non-hydrogen) atoms. The number of ether oxygens (including phenoxy) is 2. The number of fused-ring (bicyclic) bond motifs is 2. The average molecular weight is 222 g/mol. The average Bonchev–Trinajstić information content (AvgIpc) is 2.37. The van der Waals surface area contributed by atoms with Crippen LogP contribution in [0.5, 0.6) is 0 Å². The summed E-state index contributed by atoms with van der Waals surface area (Å²) in [4.78, 5) is 23.6. The van der Waals surface area contributed by atoms with Crippen LogP contribution in [0.25, 0.3) is 0 Å². The molecule has 0 radical (unpaired) electrons. The maximum absolute atomic E-state index is 11.8. The van der Waals surface area contributed by atoms with Crippen LogP contribution in [-0.2, 0) is 19.1 Å². The lowest BCUT2D eigenvalue weighted by Gasteiger charge is -2.38. The molecule has 4 heteroatoms. The zero-order chi connectivity index (χ0) is 11.6. The van der Waals surface area contributed by atoms with Crippen LogP contribution in [0.4, 0.5) is 0 Å². The molecule has 2 fully saturated rings. The van der Waals surface area contributed by atoms with E-state index in [2.05, 4.69) is 0 Å². The third kappa shape index (κ3) is 1.03. The van der Waals surface area contributed by atoms with Crippen molar-refractivity contribution in [3.63, 3.8) is 0 Å². The second kappa shape index (κ2) is 2.74. The van der Waals surface area contributed by atoms with Gasteiger partial charge in [0.15, 0.2) is 0 Å². The number of esters is 2. The molecule has 4 unspecified atom stereocenters. The molecular formula is C12H14O4. The standard InChI is InChI=1S/C12H14O4/c1-11-3-4-12(2,6-15-5-11)8-7(11)9(13)16-10(8)14/h3-4,7-8H,5-6H2,1-2H3. The zero-order valence-electron chi connectivity index (χ0n) is 9.36. The van der Waals surface area contributed by atoms with Gasteiger partial charge in [0.05, 0.1) is 25.0 Å². The maximum atomic E-state index is 11.8. The van der Waals surface area contributed by atoms with Crippen molar-refractivity contribution < 1.29 is 19.1 Å². The van der Waals surface area contributed by atoms with Crippen LogP contribution in [0.15, 0.2) is 12.2 Å². The van der Waals surface area contributed by atoms with E-state index in [1.807, 2.05) is 26.0 Å². The summed E-state index contributed by atoms with van der Waals surface area (Å²) in [5.41, 5.74) is -0.798. The first-order valence-electron chi connectivity index (χ1n) is 5.50. The molecule has 0 aromatic rings. The zero-order valence-corrected chi connectivity index (χ0v) is 9.36. The van der Waals surface area contributed by atoms with Gasteiger partial charge in [0.2, 0.25) is 0 Å². The van der Waals surface area contributed by atoms with Crippen LogP contribution >= 0.6 is 0 Å². The molecule has 4 nitrogen and oxygen atoms in total. The highest BCUT2D eigenvalue weighted by molar-refractivity contribution is 5.98. The van der Waals surface area contributed by atoms with Gasteiger partial charge in [-0.25, -0.2) is 0 Å². The monoisotopic (exact) mass is 222 g/mol. The summed E-state index contributed by atoms with van der Waals surface area (Å²) < 4.78 is 10.4. The van der Waals surface area contributed by atoms with Gasteiger partial charge in [-0.15, -0.1) is 0 Å². The summed E-state index contributed by atoms with van der Waals surface area (Å²) in [6, 6.07) is 0. The third-order valence-corrected chi connectivity index (χ3v) is 4.13. The van der Waals surface area contributed by atoms with Crippen molar-refractivity contribution in [3.8, 4) is 0 Å². The van der Waals surface area contributed by atoms with Crippen LogP contribution in [0.1, 0.15) is 13.8 Å². The van der Waals surface area contributed by atoms with E-state index in [4.69, 9.17) is 9.47 Å². The second-order valence-corrected chi connectivity index (χ2v) is 5.53. The van der Waals surface area contributed by atoms with Gasteiger partial charge in [-0.3, -0.25) is 9.59 Å². The molecule has 4 rings (SSSR count). The van der Waals surface area contributed by atoms with Gasteiger partial charge in [0.1, 0.15) is 0 Å². The number of hydrogen-bond acceptors (Lipinski definition) is 4. The third-order valence-electron chi connectivity index (χ3n) is 4.13. The predicted octanol–water partition coefficient (Wildman–Crippen LogP) is 0.915. The minimum Gasteiger partial charge on any atom is -0.393 e. The normalized spacial score (nSPS) is 50.1. The van der Waals surface area contributed by atoms with Crippen molar-refractivity contribution in [1.82, 2.24) is 0 Å². The summed E-state index contributed by atoms with van der Waals surface area (Å²) in [7, 11) is 0. The lowest BCUT2D eigenvalue weighted by atomic mass is 9.59. The fourth-order valence-electron chi connectivity index (χ4n) is 3.15. The van der Waals surface area contributed by atoms with Crippen molar-refractivity contribution in [3.05, 3.63) is 12.2 Å². The van der Waals surface area contributed by atoms with Crippen molar-refractivity contribution in [2.45, 2.75) is 13.8 Å². The van der Waals surface area contributed by atoms with E-state index in [-0.39, 0.29) is 11.8 Å². The first-order chi connectivity index (χ1) is 7.46. The molecular weight excluding hydrogens is 208 g/mol. The largest absolute Gasteiger partial charge is 0.393 e. The van der Waals surface area contributed by atoms with Gasteiger partial charge >= 0.3 is 11.9 Å². The summed E-state index contributed by atoms with van der Waals surface area (Å²) in [5, 5.41) is 0. The lowest BCUT2D eigenvalue weighted by molar-refractivity contribution is -0.155. The van der Waals surface area contributed by atoms with Crippen molar-refractivity contribution in [2.24, 2.45) is 22.7 Å².